The number of fused-ring (bicyclic) bond motifs is 6. The van der Waals surface area contributed by atoms with Gasteiger partial charge in [0.25, 0.3) is 0 Å². The number of rotatable bonds is 3. The van der Waals surface area contributed by atoms with Crippen LogP contribution in [0.5, 0.6) is 0 Å². The summed E-state index contributed by atoms with van der Waals surface area (Å²) in [6.07, 6.45) is 4.64. The predicted octanol–water partition coefficient (Wildman–Crippen LogP) is 10.5. The van der Waals surface area contributed by atoms with Gasteiger partial charge in [-0.1, -0.05) is 146 Å². The fourth-order valence-corrected chi connectivity index (χ4v) is 6.29. The van der Waals surface area contributed by atoms with Crippen LogP contribution in [0.2, 0.25) is 0 Å². The minimum atomic E-state index is 1.21. The molecule has 2 aliphatic rings. The van der Waals surface area contributed by atoms with E-state index in [0.717, 1.165) is 0 Å². The van der Waals surface area contributed by atoms with Crippen molar-refractivity contribution in [2.75, 3.05) is 0 Å². The lowest BCUT2D eigenvalue weighted by Crippen LogP contribution is -1.84. The quantitative estimate of drug-likeness (QED) is 0.224. The molecule has 0 spiro atoms. The van der Waals surface area contributed by atoms with E-state index < -0.39 is 0 Å². The van der Waals surface area contributed by atoms with E-state index in [1.807, 2.05) is 0 Å². The first-order valence-corrected chi connectivity index (χ1v) is 13.9. The average molecular weight is 507 g/mol. The molecule has 40 heavy (non-hydrogen) atoms. The summed E-state index contributed by atoms with van der Waals surface area (Å²) in [6, 6.07) is 52.7. The molecule has 0 atom stereocenters. The van der Waals surface area contributed by atoms with Gasteiger partial charge in [0.15, 0.2) is 0 Å². The van der Waals surface area contributed by atoms with Gasteiger partial charge in [0.1, 0.15) is 0 Å². The molecular weight excluding hydrogens is 480 g/mol. The third kappa shape index (κ3) is 3.69. The predicted molar refractivity (Wildman–Crippen MR) is 170 cm³/mol. The average Bonchev–Trinajstić information content (AvgIpc) is 3.51. The first-order chi connectivity index (χ1) is 19.8. The van der Waals surface area contributed by atoms with E-state index in [2.05, 4.69) is 158 Å². The lowest BCUT2D eigenvalue weighted by atomic mass is 9.98. The summed E-state index contributed by atoms with van der Waals surface area (Å²) < 4.78 is 0. The van der Waals surface area contributed by atoms with E-state index in [1.54, 1.807) is 0 Å². The summed E-state index contributed by atoms with van der Waals surface area (Å²) in [4.78, 5) is 0. The molecule has 6 aromatic rings. The van der Waals surface area contributed by atoms with Crippen LogP contribution in [-0.2, 0) is 0 Å². The van der Waals surface area contributed by atoms with Gasteiger partial charge in [-0.25, -0.2) is 0 Å². The van der Waals surface area contributed by atoms with E-state index in [4.69, 9.17) is 0 Å². The Hall–Kier alpha value is -5.20. The van der Waals surface area contributed by atoms with Gasteiger partial charge < -0.3 is 0 Å². The van der Waals surface area contributed by atoms with Gasteiger partial charge in [-0.05, 0) is 90.1 Å². The van der Waals surface area contributed by atoms with Crippen LogP contribution in [0.15, 0.2) is 146 Å². The highest BCUT2D eigenvalue weighted by Crippen LogP contribution is 2.46. The number of hydrogen-bond acceptors (Lipinski definition) is 0. The molecule has 0 saturated carbocycles. The smallest absolute Gasteiger partial charge is 0.00930 e. The van der Waals surface area contributed by atoms with Crippen LogP contribution in [0.3, 0.4) is 0 Å². The third-order valence-corrected chi connectivity index (χ3v) is 8.23. The zero-order valence-electron chi connectivity index (χ0n) is 22.0. The standard InChI is InChI=1S/C40H26/c1-5-13-35-31(9-1)32-10-2-6-14-36(32)39(35)25-27-17-21-29(22-18-27)30-23-19-28(20-24-30)26-40-37-15-7-3-11-33(37)34-12-4-8-16-38(34)40/h1-26H. The summed E-state index contributed by atoms with van der Waals surface area (Å²) >= 11 is 0. The Morgan fingerprint density at radius 2 is 0.500 bits per heavy atom. The maximum atomic E-state index is 2.32. The highest BCUT2D eigenvalue weighted by atomic mass is 14.3. The minimum Gasteiger partial charge on any atom is -0.0616 e. The summed E-state index contributed by atoms with van der Waals surface area (Å²) in [5.41, 5.74) is 18.0. The molecule has 0 aromatic heterocycles. The molecule has 6 aromatic carbocycles. The first kappa shape index (κ1) is 22.8. The Bertz CT molecular complexity index is 1720. The molecule has 0 aliphatic heterocycles. The first-order valence-electron chi connectivity index (χ1n) is 13.9. The van der Waals surface area contributed by atoms with Gasteiger partial charge in [-0.3, -0.25) is 0 Å². The van der Waals surface area contributed by atoms with Crippen molar-refractivity contribution < 1.29 is 0 Å². The molecule has 0 bridgehead atoms. The zero-order valence-corrected chi connectivity index (χ0v) is 22.0. The van der Waals surface area contributed by atoms with Gasteiger partial charge in [-0.15, -0.1) is 0 Å². The monoisotopic (exact) mass is 506 g/mol. The second-order valence-electron chi connectivity index (χ2n) is 10.5. The second-order valence-corrected chi connectivity index (χ2v) is 10.5. The normalized spacial score (nSPS) is 12.4. The molecular formula is C40H26. The van der Waals surface area contributed by atoms with E-state index in [1.165, 1.54) is 77.9 Å². The van der Waals surface area contributed by atoms with Crippen LogP contribution in [0.1, 0.15) is 33.4 Å². The molecule has 0 nitrogen and oxygen atoms in total. The Labute approximate surface area is 235 Å². The van der Waals surface area contributed by atoms with Crippen molar-refractivity contribution in [3.63, 3.8) is 0 Å². The summed E-state index contributed by atoms with van der Waals surface area (Å²) in [5, 5.41) is 0. The molecule has 0 amide bonds. The summed E-state index contributed by atoms with van der Waals surface area (Å²) in [5.74, 6) is 0. The lowest BCUT2D eigenvalue weighted by molar-refractivity contribution is 1.58. The summed E-state index contributed by atoms with van der Waals surface area (Å²) in [7, 11) is 0. The van der Waals surface area contributed by atoms with E-state index in [0.29, 0.717) is 0 Å². The second kappa shape index (κ2) is 9.22. The van der Waals surface area contributed by atoms with Crippen molar-refractivity contribution in [2.24, 2.45) is 0 Å². The molecule has 0 fully saturated rings. The molecule has 0 N–H and O–H groups in total. The van der Waals surface area contributed by atoms with Gasteiger partial charge >= 0.3 is 0 Å². The fraction of sp³-hybridized carbons (Fsp3) is 0. The highest BCUT2D eigenvalue weighted by molar-refractivity contribution is 6.07. The molecule has 8 rings (SSSR count). The van der Waals surface area contributed by atoms with Crippen LogP contribution in [0, 0.1) is 0 Å². The van der Waals surface area contributed by atoms with Crippen LogP contribution in [0.25, 0.3) is 56.7 Å². The molecule has 186 valence electrons. The van der Waals surface area contributed by atoms with E-state index >= 15 is 0 Å². The zero-order chi connectivity index (χ0) is 26.5. The van der Waals surface area contributed by atoms with Crippen molar-refractivity contribution in [3.05, 3.63) is 179 Å². The van der Waals surface area contributed by atoms with Crippen LogP contribution >= 0.6 is 0 Å². The molecule has 0 heterocycles. The lowest BCUT2D eigenvalue weighted by Gasteiger charge is -2.07. The molecule has 0 saturated heterocycles. The number of hydrogen-bond donors (Lipinski definition) is 0. The van der Waals surface area contributed by atoms with Gasteiger partial charge in [0.2, 0.25) is 0 Å². The SMILES string of the molecule is C(=C1c2ccccc2-c2ccccc21)c1ccc(-c2ccc(C=C3c4ccccc4-c4ccccc43)cc2)cc1. The fourth-order valence-electron chi connectivity index (χ4n) is 6.29. The Morgan fingerprint density at radius 3 is 0.775 bits per heavy atom. The molecule has 2 aliphatic carbocycles. The molecule has 0 heteroatoms. The van der Waals surface area contributed by atoms with Gasteiger partial charge in [-0.2, -0.15) is 0 Å². The Morgan fingerprint density at radius 1 is 0.250 bits per heavy atom. The highest BCUT2D eigenvalue weighted by Gasteiger charge is 2.23. The van der Waals surface area contributed by atoms with Crippen LogP contribution in [0.4, 0.5) is 0 Å². The van der Waals surface area contributed by atoms with Gasteiger partial charge in [0.05, 0.1) is 0 Å². The maximum absolute atomic E-state index is 2.32. The van der Waals surface area contributed by atoms with E-state index in [-0.39, 0.29) is 0 Å². The van der Waals surface area contributed by atoms with Crippen molar-refractivity contribution in [1.82, 2.24) is 0 Å². The third-order valence-electron chi connectivity index (χ3n) is 8.23. The Kier molecular flexibility index (Phi) is 5.24. The van der Waals surface area contributed by atoms with Crippen molar-refractivity contribution in [1.29, 1.82) is 0 Å². The maximum Gasteiger partial charge on any atom is -0.00930 e. The van der Waals surface area contributed by atoms with Crippen molar-refractivity contribution in [3.8, 4) is 33.4 Å². The number of benzene rings is 6. The van der Waals surface area contributed by atoms with Gasteiger partial charge in [0, 0.05) is 0 Å². The molecule has 0 radical (unpaired) electrons. The molecule has 0 unspecified atom stereocenters. The largest absolute Gasteiger partial charge is 0.0616 e. The van der Waals surface area contributed by atoms with Crippen LogP contribution in [-0.4, -0.2) is 0 Å². The van der Waals surface area contributed by atoms with E-state index in [9.17, 15) is 0 Å². The van der Waals surface area contributed by atoms with Crippen molar-refractivity contribution in [2.45, 2.75) is 0 Å². The minimum absolute atomic E-state index is 1.21. The summed E-state index contributed by atoms with van der Waals surface area (Å²) in [6.45, 7) is 0. The van der Waals surface area contributed by atoms with Crippen LogP contribution < -0.4 is 0 Å². The van der Waals surface area contributed by atoms with Crippen molar-refractivity contribution >= 4 is 23.3 Å². The topological polar surface area (TPSA) is 0 Å². The Balaban J connectivity index is 1.09.